The first kappa shape index (κ1) is 31.3. The predicted molar refractivity (Wildman–Crippen MR) is 236 cm³/mol. The van der Waals surface area contributed by atoms with Gasteiger partial charge in [0.25, 0.3) is 0 Å². The molecule has 270 valence electrons. The Morgan fingerprint density at radius 3 is 1.41 bits per heavy atom. The van der Waals surface area contributed by atoms with Gasteiger partial charge in [0.15, 0.2) is 0 Å². The lowest BCUT2D eigenvalue weighted by Crippen LogP contribution is -2.05. The summed E-state index contributed by atoms with van der Waals surface area (Å²) in [4.78, 5) is 10.2. The molecule has 5 heterocycles. The summed E-state index contributed by atoms with van der Waals surface area (Å²) < 4.78 is 17.3. The molecule has 0 aliphatic carbocycles. The normalized spacial score (nSPS) is 12.1. The van der Waals surface area contributed by atoms with E-state index in [1.807, 2.05) is 36.5 Å². The molecule has 0 aliphatic heterocycles. The van der Waals surface area contributed by atoms with E-state index >= 15 is 0 Å². The van der Waals surface area contributed by atoms with Crippen LogP contribution in [0.5, 0.6) is 0 Å². The van der Waals surface area contributed by atoms with E-state index in [-0.39, 0.29) is 0 Å². The van der Waals surface area contributed by atoms with E-state index in [0.29, 0.717) is 5.95 Å². The van der Waals surface area contributed by atoms with Crippen molar-refractivity contribution in [1.82, 2.24) is 19.1 Å². The summed E-state index contributed by atoms with van der Waals surface area (Å²) >= 11 is 0. The first-order valence-corrected chi connectivity index (χ1v) is 19.5. The second-order valence-corrected chi connectivity index (χ2v) is 14.9. The van der Waals surface area contributed by atoms with Gasteiger partial charge in [-0.3, -0.25) is 9.13 Å². The highest BCUT2D eigenvalue weighted by molar-refractivity contribution is 6.15. The van der Waals surface area contributed by atoms with Gasteiger partial charge < -0.3 is 8.83 Å². The van der Waals surface area contributed by atoms with Crippen LogP contribution in [0.25, 0.3) is 122 Å². The Hall–Kier alpha value is -7.96. The highest BCUT2D eigenvalue weighted by atomic mass is 16.3. The third-order valence-corrected chi connectivity index (χ3v) is 11.8. The summed E-state index contributed by atoms with van der Waals surface area (Å²) in [6, 6.07) is 61.7. The molecule has 13 aromatic rings. The van der Waals surface area contributed by atoms with Crippen molar-refractivity contribution in [3.8, 4) is 34.0 Å². The SMILES string of the molecule is c1ccc2c(c1)oc1c(-c3ccc4c(c3)c3ccccc3n4-c3ccnc(-n4c5ccccc5c5cc(-c6cccc7c6oc6ccccc67)ccc54)n3)cccc12. The lowest BCUT2D eigenvalue weighted by molar-refractivity contribution is 0.669. The average molecular weight is 743 g/mol. The lowest BCUT2D eigenvalue weighted by atomic mass is 10.0. The number of aromatic nitrogens is 4. The third-order valence-electron chi connectivity index (χ3n) is 11.8. The van der Waals surface area contributed by atoms with Crippen LogP contribution in [0.1, 0.15) is 0 Å². The fourth-order valence-corrected chi connectivity index (χ4v) is 9.26. The van der Waals surface area contributed by atoms with Crippen LogP contribution >= 0.6 is 0 Å². The zero-order chi connectivity index (χ0) is 37.9. The first-order chi connectivity index (χ1) is 28.8. The Morgan fingerprint density at radius 2 is 0.828 bits per heavy atom. The van der Waals surface area contributed by atoms with E-state index in [1.165, 1.54) is 0 Å². The Morgan fingerprint density at radius 1 is 0.362 bits per heavy atom. The van der Waals surface area contributed by atoms with Gasteiger partial charge in [-0.05, 0) is 65.7 Å². The molecule has 8 aromatic carbocycles. The van der Waals surface area contributed by atoms with Crippen molar-refractivity contribution in [2.24, 2.45) is 0 Å². The van der Waals surface area contributed by atoms with Crippen molar-refractivity contribution in [1.29, 1.82) is 0 Å². The molecule has 5 aromatic heterocycles. The minimum Gasteiger partial charge on any atom is -0.455 e. The number of fused-ring (bicyclic) bond motifs is 12. The van der Waals surface area contributed by atoms with Crippen LogP contribution < -0.4 is 0 Å². The molecule has 6 heteroatoms. The minimum atomic E-state index is 0.606. The van der Waals surface area contributed by atoms with Gasteiger partial charge in [0, 0.05) is 60.4 Å². The number of rotatable bonds is 4. The van der Waals surface area contributed by atoms with Gasteiger partial charge in [-0.2, -0.15) is 4.98 Å². The first-order valence-electron chi connectivity index (χ1n) is 19.5. The molecular formula is C52H30N4O2. The Labute approximate surface area is 330 Å². The van der Waals surface area contributed by atoms with Gasteiger partial charge in [-0.25, -0.2) is 4.98 Å². The maximum atomic E-state index is 6.45. The molecule has 13 rings (SSSR count). The fourth-order valence-electron chi connectivity index (χ4n) is 9.26. The Kier molecular flexibility index (Phi) is 6.35. The van der Waals surface area contributed by atoms with Gasteiger partial charge in [0.05, 0.1) is 22.1 Å². The highest BCUT2D eigenvalue weighted by Gasteiger charge is 2.20. The number of furan rings is 2. The maximum absolute atomic E-state index is 6.45. The fraction of sp³-hybridized carbons (Fsp3) is 0. The molecule has 0 atom stereocenters. The van der Waals surface area contributed by atoms with E-state index < -0.39 is 0 Å². The van der Waals surface area contributed by atoms with Crippen molar-refractivity contribution in [2.75, 3.05) is 0 Å². The van der Waals surface area contributed by atoms with Crippen LogP contribution in [0.3, 0.4) is 0 Å². The van der Waals surface area contributed by atoms with Gasteiger partial charge in [-0.15, -0.1) is 0 Å². The van der Waals surface area contributed by atoms with Gasteiger partial charge in [-0.1, -0.05) is 121 Å². The molecule has 6 nitrogen and oxygen atoms in total. The number of nitrogens with zero attached hydrogens (tertiary/aromatic N) is 4. The van der Waals surface area contributed by atoms with Gasteiger partial charge >= 0.3 is 0 Å². The van der Waals surface area contributed by atoms with Crippen LogP contribution in [0.15, 0.2) is 191 Å². The molecule has 0 amide bonds. The average Bonchev–Trinajstić information content (AvgIpc) is 4.04. The van der Waals surface area contributed by atoms with Crippen LogP contribution in [-0.2, 0) is 0 Å². The maximum Gasteiger partial charge on any atom is 0.236 e. The molecule has 0 saturated carbocycles. The lowest BCUT2D eigenvalue weighted by Gasteiger charge is -2.11. The largest absolute Gasteiger partial charge is 0.455 e. The summed E-state index contributed by atoms with van der Waals surface area (Å²) in [5, 5.41) is 9.04. The second kappa shape index (κ2) is 11.8. The quantitative estimate of drug-likeness (QED) is 0.180. The zero-order valence-electron chi connectivity index (χ0n) is 30.9. The van der Waals surface area contributed by atoms with Crippen LogP contribution in [0, 0.1) is 0 Å². The monoisotopic (exact) mass is 742 g/mol. The molecule has 0 fully saturated rings. The summed E-state index contributed by atoms with van der Waals surface area (Å²) in [7, 11) is 0. The predicted octanol–water partition coefficient (Wildman–Crippen LogP) is 13.8. The third kappa shape index (κ3) is 4.37. The summed E-state index contributed by atoms with van der Waals surface area (Å²) in [6.07, 6.45) is 1.87. The topological polar surface area (TPSA) is 61.9 Å². The molecule has 0 spiro atoms. The van der Waals surface area contributed by atoms with Crippen molar-refractivity contribution in [3.05, 3.63) is 182 Å². The van der Waals surface area contributed by atoms with Crippen LogP contribution in [0.2, 0.25) is 0 Å². The van der Waals surface area contributed by atoms with E-state index in [0.717, 1.165) is 116 Å². The second-order valence-electron chi connectivity index (χ2n) is 14.9. The van der Waals surface area contributed by atoms with E-state index in [4.69, 9.17) is 18.8 Å². The van der Waals surface area contributed by atoms with Crippen LogP contribution in [-0.4, -0.2) is 19.1 Å². The minimum absolute atomic E-state index is 0.606. The van der Waals surface area contributed by atoms with E-state index in [1.54, 1.807) is 0 Å². The molecule has 0 bridgehead atoms. The molecule has 0 aliphatic rings. The van der Waals surface area contributed by atoms with E-state index in [9.17, 15) is 0 Å². The van der Waals surface area contributed by atoms with Crippen molar-refractivity contribution in [2.45, 2.75) is 0 Å². The van der Waals surface area contributed by atoms with Crippen molar-refractivity contribution >= 4 is 87.5 Å². The summed E-state index contributed by atoms with van der Waals surface area (Å²) in [6.45, 7) is 0. The highest BCUT2D eigenvalue weighted by Crippen LogP contribution is 2.41. The Balaban J connectivity index is 0.975. The number of benzene rings is 8. The molecule has 58 heavy (non-hydrogen) atoms. The van der Waals surface area contributed by atoms with Crippen molar-refractivity contribution < 1.29 is 8.83 Å². The van der Waals surface area contributed by atoms with Gasteiger partial charge in [0.1, 0.15) is 28.1 Å². The van der Waals surface area contributed by atoms with Crippen LogP contribution in [0.4, 0.5) is 0 Å². The number of hydrogen-bond donors (Lipinski definition) is 0. The summed E-state index contributed by atoms with van der Waals surface area (Å²) in [5.74, 6) is 1.40. The van der Waals surface area contributed by atoms with Crippen molar-refractivity contribution in [3.63, 3.8) is 0 Å². The smallest absolute Gasteiger partial charge is 0.236 e. The molecule has 0 unspecified atom stereocenters. The molecule has 0 saturated heterocycles. The Bertz CT molecular complexity index is 3580. The van der Waals surface area contributed by atoms with Gasteiger partial charge in [0.2, 0.25) is 5.95 Å². The number of para-hydroxylation sites is 6. The summed E-state index contributed by atoms with van der Waals surface area (Å²) in [5.41, 5.74) is 12.1. The van der Waals surface area contributed by atoms with E-state index in [2.05, 4.69) is 155 Å². The molecule has 0 N–H and O–H groups in total. The molecule has 0 radical (unpaired) electrons. The standard InChI is InChI=1S/C52H30N4O2/c1-5-19-43-35(11-1)41-29-31(33-15-9-17-39-37-13-3-7-21-47(37)57-50(33)39)23-25-45(41)55(43)49-27-28-53-52(54-49)56-44-20-6-2-12-36(44)42-30-32(24-26-46(42)56)34-16-10-18-40-38-14-4-8-22-48(38)58-51(34)40/h1-30H. The zero-order valence-corrected chi connectivity index (χ0v) is 30.9. The number of hydrogen-bond acceptors (Lipinski definition) is 4. The molecular weight excluding hydrogens is 713 g/mol.